The predicted octanol–water partition coefficient (Wildman–Crippen LogP) is 3.47. The first-order valence-electron chi connectivity index (χ1n) is 9.55. The summed E-state index contributed by atoms with van der Waals surface area (Å²) in [6.07, 6.45) is -0.667. The molecule has 0 bridgehead atoms. The van der Waals surface area contributed by atoms with Crippen LogP contribution in [0.1, 0.15) is 28.9 Å². The molecule has 2 aromatic rings. The van der Waals surface area contributed by atoms with Crippen LogP contribution in [0.4, 0.5) is 0 Å². The first-order chi connectivity index (χ1) is 14.0. The number of hydrogen-bond donors (Lipinski definition) is 1. The average molecular weight is 464 g/mol. The Morgan fingerprint density at radius 1 is 1.28 bits per heavy atom. The highest BCUT2D eigenvalue weighted by Gasteiger charge is 2.24. The molecule has 0 saturated carbocycles. The molecule has 6 nitrogen and oxygen atoms in total. The summed E-state index contributed by atoms with van der Waals surface area (Å²) in [7, 11) is 1.53. The minimum Gasteiger partial charge on any atom is -0.493 e. The number of β-amino-alcohol motifs (C(OH)–C–C–N with tert-alkyl or cyclic N) is 1. The molecule has 0 aromatic heterocycles. The van der Waals surface area contributed by atoms with Gasteiger partial charge in [0.25, 0.3) is 0 Å². The van der Waals surface area contributed by atoms with Crippen molar-refractivity contribution in [2.45, 2.75) is 19.1 Å². The largest absolute Gasteiger partial charge is 0.493 e. The number of morpholine rings is 1. The van der Waals surface area contributed by atoms with Gasteiger partial charge in [-0.25, -0.2) is 0 Å². The van der Waals surface area contributed by atoms with E-state index in [2.05, 4.69) is 33.0 Å². The van der Waals surface area contributed by atoms with E-state index in [9.17, 15) is 9.90 Å². The van der Waals surface area contributed by atoms with Gasteiger partial charge in [-0.1, -0.05) is 28.1 Å². The van der Waals surface area contributed by atoms with Gasteiger partial charge in [-0.05, 0) is 42.8 Å². The summed E-state index contributed by atoms with van der Waals surface area (Å²) in [5, 5.41) is 10.5. The second-order valence-corrected chi connectivity index (χ2v) is 7.97. The van der Waals surface area contributed by atoms with Gasteiger partial charge in [0, 0.05) is 29.7 Å². The van der Waals surface area contributed by atoms with Gasteiger partial charge in [0.15, 0.2) is 17.3 Å². The Hall–Kier alpha value is -1.93. The standard InChI is InChI=1S/C22H26BrNO5/c1-15(25)17-5-8-20(21(11-17)27-2)29-14-19(26)12-24-9-10-28-22(13-24)16-3-6-18(23)7-4-16/h3-8,11,19,22,26H,9-10,12-14H2,1-2H3. The first kappa shape index (κ1) is 21.8. The number of carbonyl (C=O) groups is 1. The average Bonchev–Trinajstić information content (AvgIpc) is 2.72. The summed E-state index contributed by atoms with van der Waals surface area (Å²) >= 11 is 3.45. The molecule has 0 spiro atoms. The van der Waals surface area contributed by atoms with Crippen LogP contribution in [0.15, 0.2) is 46.9 Å². The number of benzene rings is 2. The van der Waals surface area contributed by atoms with Gasteiger partial charge in [-0.15, -0.1) is 0 Å². The van der Waals surface area contributed by atoms with Crippen LogP contribution in [0.2, 0.25) is 0 Å². The number of aliphatic hydroxyl groups is 1. The van der Waals surface area contributed by atoms with Gasteiger partial charge in [0.1, 0.15) is 12.7 Å². The number of nitrogens with zero attached hydrogens (tertiary/aromatic N) is 1. The second-order valence-electron chi connectivity index (χ2n) is 7.06. The molecule has 1 aliphatic rings. The maximum Gasteiger partial charge on any atom is 0.161 e. The van der Waals surface area contributed by atoms with Crippen molar-refractivity contribution in [3.05, 3.63) is 58.1 Å². The molecule has 0 amide bonds. The summed E-state index contributed by atoms with van der Waals surface area (Å²) in [5.41, 5.74) is 1.68. The highest BCUT2D eigenvalue weighted by Crippen LogP contribution is 2.28. The molecule has 2 atom stereocenters. The topological polar surface area (TPSA) is 68.2 Å². The van der Waals surface area contributed by atoms with Gasteiger partial charge < -0.3 is 19.3 Å². The number of carbonyl (C=O) groups excluding carboxylic acids is 1. The molecule has 7 heteroatoms. The fourth-order valence-corrected chi connectivity index (χ4v) is 3.55. The summed E-state index contributed by atoms with van der Waals surface area (Å²) in [4.78, 5) is 13.7. The lowest BCUT2D eigenvalue weighted by atomic mass is 10.1. The lowest BCUT2D eigenvalue weighted by Crippen LogP contribution is -2.43. The van der Waals surface area contributed by atoms with Crippen molar-refractivity contribution < 1.29 is 24.1 Å². The lowest BCUT2D eigenvalue weighted by Gasteiger charge is -2.34. The molecule has 1 saturated heterocycles. The Kier molecular flexibility index (Phi) is 7.66. The summed E-state index contributed by atoms with van der Waals surface area (Å²) in [5.74, 6) is 0.945. The van der Waals surface area contributed by atoms with E-state index in [4.69, 9.17) is 14.2 Å². The number of rotatable bonds is 8. The Morgan fingerprint density at radius 2 is 2.03 bits per heavy atom. The van der Waals surface area contributed by atoms with E-state index in [1.165, 1.54) is 14.0 Å². The number of Topliss-reactive ketones (excluding diaryl/α,β-unsaturated/α-hetero) is 1. The molecule has 2 unspecified atom stereocenters. The van der Waals surface area contributed by atoms with E-state index in [1.54, 1.807) is 18.2 Å². The van der Waals surface area contributed by atoms with Gasteiger partial charge in [-0.2, -0.15) is 0 Å². The van der Waals surface area contributed by atoms with Crippen molar-refractivity contribution >= 4 is 21.7 Å². The molecule has 156 valence electrons. The Labute approximate surface area is 179 Å². The molecule has 0 radical (unpaired) electrons. The first-order valence-corrected chi connectivity index (χ1v) is 10.3. The monoisotopic (exact) mass is 463 g/mol. The van der Waals surface area contributed by atoms with Crippen molar-refractivity contribution in [1.82, 2.24) is 4.90 Å². The quantitative estimate of drug-likeness (QED) is 0.604. The molecule has 1 N–H and O–H groups in total. The summed E-state index contributed by atoms with van der Waals surface area (Å²) in [6, 6.07) is 13.1. The molecule has 2 aromatic carbocycles. The van der Waals surface area contributed by atoms with Crippen LogP contribution in [-0.4, -0.2) is 61.9 Å². The van der Waals surface area contributed by atoms with Crippen LogP contribution >= 0.6 is 15.9 Å². The third kappa shape index (κ3) is 6.02. The Morgan fingerprint density at radius 3 is 2.72 bits per heavy atom. The molecule has 0 aliphatic carbocycles. The maximum atomic E-state index is 11.5. The van der Waals surface area contributed by atoms with Crippen LogP contribution in [0.25, 0.3) is 0 Å². The summed E-state index contributed by atoms with van der Waals surface area (Å²) in [6.45, 7) is 4.23. The van der Waals surface area contributed by atoms with Gasteiger partial charge >= 0.3 is 0 Å². The zero-order valence-electron chi connectivity index (χ0n) is 16.6. The zero-order valence-corrected chi connectivity index (χ0v) is 18.2. The van der Waals surface area contributed by atoms with E-state index in [1.807, 2.05) is 12.1 Å². The maximum absolute atomic E-state index is 11.5. The molecule has 1 heterocycles. The molecular formula is C22H26BrNO5. The van der Waals surface area contributed by atoms with Crippen LogP contribution in [-0.2, 0) is 4.74 Å². The molecule has 29 heavy (non-hydrogen) atoms. The number of methoxy groups -OCH3 is 1. The smallest absolute Gasteiger partial charge is 0.161 e. The Balaban J connectivity index is 1.53. The van der Waals surface area contributed by atoms with Crippen molar-refractivity contribution in [3.8, 4) is 11.5 Å². The van der Waals surface area contributed by atoms with Crippen LogP contribution in [0, 0.1) is 0 Å². The number of halogens is 1. The van der Waals surface area contributed by atoms with Crippen LogP contribution < -0.4 is 9.47 Å². The molecular weight excluding hydrogens is 438 g/mol. The van der Waals surface area contributed by atoms with Crippen molar-refractivity contribution in [2.75, 3.05) is 40.0 Å². The predicted molar refractivity (Wildman–Crippen MR) is 114 cm³/mol. The second kappa shape index (κ2) is 10.2. The van der Waals surface area contributed by atoms with Crippen LogP contribution in [0.5, 0.6) is 11.5 Å². The zero-order chi connectivity index (χ0) is 20.8. The molecule has 1 fully saturated rings. The summed E-state index contributed by atoms with van der Waals surface area (Å²) < 4.78 is 18.0. The highest BCUT2D eigenvalue weighted by molar-refractivity contribution is 9.10. The number of ketones is 1. The van der Waals surface area contributed by atoms with Gasteiger partial charge in [0.2, 0.25) is 0 Å². The Bertz CT molecular complexity index is 826. The SMILES string of the molecule is COc1cc(C(C)=O)ccc1OCC(O)CN1CCOC(c2ccc(Br)cc2)C1. The van der Waals surface area contributed by atoms with Crippen LogP contribution in [0.3, 0.4) is 0 Å². The van der Waals surface area contributed by atoms with E-state index in [0.29, 0.717) is 30.2 Å². The normalized spacial score (nSPS) is 18.3. The number of hydrogen-bond acceptors (Lipinski definition) is 6. The van der Waals surface area contributed by atoms with Gasteiger partial charge in [-0.3, -0.25) is 9.69 Å². The van der Waals surface area contributed by atoms with Crippen molar-refractivity contribution in [1.29, 1.82) is 0 Å². The van der Waals surface area contributed by atoms with E-state index >= 15 is 0 Å². The lowest BCUT2D eigenvalue weighted by molar-refractivity contribution is -0.0460. The van der Waals surface area contributed by atoms with Gasteiger partial charge in [0.05, 0.1) is 19.8 Å². The highest BCUT2D eigenvalue weighted by atomic mass is 79.9. The molecule has 3 rings (SSSR count). The van der Waals surface area contributed by atoms with E-state index in [0.717, 1.165) is 23.1 Å². The van der Waals surface area contributed by atoms with Crippen molar-refractivity contribution in [3.63, 3.8) is 0 Å². The third-order valence-electron chi connectivity index (χ3n) is 4.86. The minimum atomic E-state index is -0.657. The van der Waals surface area contributed by atoms with E-state index < -0.39 is 6.10 Å². The molecule has 1 aliphatic heterocycles. The minimum absolute atomic E-state index is 0.0100. The number of aliphatic hydroxyl groups excluding tert-OH is 1. The third-order valence-corrected chi connectivity index (χ3v) is 5.39. The van der Waals surface area contributed by atoms with E-state index in [-0.39, 0.29) is 18.5 Å². The fourth-order valence-electron chi connectivity index (χ4n) is 3.29. The van der Waals surface area contributed by atoms with Crippen molar-refractivity contribution in [2.24, 2.45) is 0 Å². The fraction of sp³-hybridized carbons (Fsp3) is 0.409. The number of ether oxygens (including phenoxy) is 3.